The summed E-state index contributed by atoms with van der Waals surface area (Å²) < 4.78 is 35.7. The number of ether oxygens (including phenoxy) is 3. The highest BCUT2D eigenvalue weighted by molar-refractivity contribution is 6.35. The van der Waals surface area contributed by atoms with Gasteiger partial charge in [-0.15, -0.1) is 0 Å². The fourth-order valence-corrected chi connectivity index (χ4v) is 8.95. The molecule has 1 unspecified atom stereocenters. The number of nitrogens with one attached hydrogen (secondary N) is 1. The van der Waals surface area contributed by atoms with Gasteiger partial charge in [-0.2, -0.15) is 5.10 Å². The third-order valence-corrected chi connectivity index (χ3v) is 11.9. The number of piperidine rings is 1. The van der Waals surface area contributed by atoms with Crippen molar-refractivity contribution in [3.8, 4) is 22.6 Å². The van der Waals surface area contributed by atoms with Crippen molar-refractivity contribution in [1.29, 1.82) is 0 Å². The number of nitrogens with zero attached hydrogens (tertiary/aromatic N) is 4. The number of rotatable bonds is 16. The van der Waals surface area contributed by atoms with Crippen LogP contribution >= 0.6 is 11.6 Å². The molecule has 0 spiro atoms. The van der Waals surface area contributed by atoms with Crippen molar-refractivity contribution in [3.05, 3.63) is 111 Å². The monoisotopic (exact) mass is 849 g/mol. The Hall–Kier alpha value is -6.25. The molecule has 316 valence electrons. The van der Waals surface area contributed by atoms with Crippen molar-refractivity contribution in [1.82, 2.24) is 24.6 Å². The van der Waals surface area contributed by atoms with E-state index in [1.807, 2.05) is 55.8 Å². The smallest absolute Gasteiger partial charge is 0.352 e. The largest absolute Gasteiger partial charge is 0.493 e. The molecule has 6 aromatic rings. The van der Waals surface area contributed by atoms with Crippen LogP contribution < -0.4 is 14.8 Å². The topological polar surface area (TPSA) is 154 Å². The number of aromatic carboxylic acids is 1. The van der Waals surface area contributed by atoms with Crippen molar-refractivity contribution in [2.45, 2.75) is 65.1 Å². The van der Waals surface area contributed by atoms with Crippen molar-refractivity contribution >= 4 is 57.0 Å². The Morgan fingerprint density at radius 2 is 1.70 bits per heavy atom. The summed E-state index contributed by atoms with van der Waals surface area (Å²) >= 11 is 7.00. The van der Waals surface area contributed by atoms with E-state index in [9.17, 15) is 28.7 Å². The standard InChI is InChI=1S/C46H45ClFN5O8/c1-26-40(27(2)51(3)50-26)41-35(47)16-15-32-31(10-6-21-60-37-11-4-8-28-24-29(48)13-14-30(28)37)43(46(57)58)52(42(32)41)19-7-20-59-22-23-61-38-12-5-9-33-34(38)25-53(45(33)56)36-17-18-39(54)49-44(36)55/h4-5,8-9,11-16,24,36H,6-7,10,17-23,25H2,1-3H3,(H,57,58)(H,49,54,55). The number of halogens is 2. The number of carbonyl (C=O) groups is 4. The van der Waals surface area contributed by atoms with Gasteiger partial charge in [-0.1, -0.05) is 35.9 Å². The second-order valence-corrected chi connectivity index (χ2v) is 15.7. The van der Waals surface area contributed by atoms with Crippen LogP contribution in [0.15, 0.2) is 66.7 Å². The van der Waals surface area contributed by atoms with E-state index < -0.39 is 17.9 Å². The first-order valence-corrected chi connectivity index (χ1v) is 20.7. The van der Waals surface area contributed by atoms with Gasteiger partial charge in [0.25, 0.3) is 5.91 Å². The molecule has 0 radical (unpaired) electrons. The molecule has 3 amide bonds. The number of carboxylic acids is 1. The third-order valence-electron chi connectivity index (χ3n) is 11.6. The summed E-state index contributed by atoms with van der Waals surface area (Å²) in [5.74, 6) is -1.35. The molecule has 8 rings (SSSR count). The fourth-order valence-electron chi connectivity index (χ4n) is 8.70. The maximum Gasteiger partial charge on any atom is 0.352 e. The normalized spacial score (nSPS) is 15.2. The fraction of sp³-hybridized carbons (Fsp3) is 0.326. The molecule has 4 heterocycles. The molecule has 1 atom stereocenters. The Balaban J connectivity index is 0.971. The van der Waals surface area contributed by atoms with E-state index >= 15 is 0 Å². The van der Waals surface area contributed by atoms with Crippen LogP contribution in [0.3, 0.4) is 0 Å². The predicted molar refractivity (Wildman–Crippen MR) is 227 cm³/mol. The second kappa shape index (κ2) is 17.4. The van der Waals surface area contributed by atoms with Gasteiger partial charge in [-0.05, 0) is 92.9 Å². The molecule has 0 bridgehead atoms. The zero-order valence-corrected chi connectivity index (χ0v) is 34.8. The van der Waals surface area contributed by atoms with E-state index in [1.165, 1.54) is 17.0 Å². The van der Waals surface area contributed by atoms with E-state index in [2.05, 4.69) is 10.4 Å². The molecule has 2 aliphatic heterocycles. The Bertz CT molecular complexity index is 2730. The van der Waals surface area contributed by atoms with Crippen LogP contribution in [0.1, 0.15) is 69.0 Å². The molecule has 2 N–H and O–H groups in total. The molecule has 61 heavy (non-hydrogen) atoms. The predicted octanol–water partition coefficient (Wildman–Crippen LogP) is 7.56. The minimum atomic E-state index is -1.07. The Labute approximate surface area is 355 Å². The lowest BCUT2D eigenvalue weighted by molar-refractivity contribution is -0.136. The van der Waals surface area contributed by atoms with E-state index in [0.29, 0.717) is 77.7 Å². The first kappa shape index (κ1) is 41.5. The summed E-state index contributed by atoms with van der Waals surface area (Å²) in [6.45, 7) is 5.41. The minimum Gasteiger partial charge on any atom is -0.493 e. The van der Waals surface area contributed by atoms with Crippen LogP contribution in [0.25, 0.3) is 32.8 Å². The number of imide groups is 1. The number of benzene rings is 4. The van der Waals surface area contributed by atoms with Gasteiger partial charge in [-0.25, -0.2) is 9.18 Å². The molecule has 4 aromatic carbocycles. The van der Waals surface area contributed by atoms with E-state index in [4.69, 9.17) is 25.8 Å². The van der Waals surface area contributed by atoms with Gasteiger partial charge in [0.1, 0.15) is 35.7 Å². The summed E-state index contributed by atoms with van der Waals surface area (Å²) in [5.41, 5.74) is 5.90. The van der Waals surface area contributed by atoms with Crippen LogP contribution in [-0.4, -0.2) is 80.5 Å². The van der Waals surface area contributed by atoms with E-state index in [0.717, 1.165) is 38.7 Å². The molecule has 1 saturated heterocycles. The van der Waals surface area contributed by atoms with Gasteiger partial charge in [-0.3, -0.25) is 24.4 Å². The van der Waals surface area contributed by atoms with Gasteiger partial charge in [0.15, 0.2) is 0 Å². The molecule has 15 heteroatoms. The lowest BCUT2D eigenvalue weighted by Crippen LogP contribution is -2.52. The summed E-state index contributed by atoms with van der Waals surface area (Å²) in [5, 5.41) is 20.5. The number of fused-ring (bicyclic) bond motifs is 3. The number of carboxylic acid groups (broad SMARTS) is 1. The number of carbonyl (C=O) groups excluding carboxylic acids is 3. The van der Waals surface area contributed by atoms with Crippen LogP contribution in [0.2, 0.25) is 5.02 Å². The van der Waals surface area contributed by atoms with Gasteiger partial charge in [0, 0.05) is 65.3 Å². The number of hydrogen-bond donors (Lipinski definition) is 2. The van der Waals surface area contributed by atoms with Crippen LogP contribution in [0, 0.1) is 19.7 Å². The lowest BCUT2D eigenvalue weighted by Gasteiger charge is -2.29. The number of aromatic nitrogens is 3. The zero-order chi connectivity index (χ0) is 42.9. The quantitative estimate of drug-likeness (QED) is 0.0742. The maximum absolute atomic E-state index is 13.9. The Morgan fingerprint density at radius 1 is 0.934 bits per heavy atom. The molecule has 2 aliphatic rings. The maximum atomic E-state index is 13.9. The highest BCUT2D eigenvalue weighted by Gasteiger charge is 2.40. The van der Waals surface area contributed by atoms with Gasteiger partial charge in [0.05, 0.1) is 36.0 Å². The van der Waals surface area contributed by atoms with Gasteiger partial charge >= 0.3 is 5.97 Å². The van der Waals surface area contributed by atoms with Crippen molar-refractivity contribution < 1.29 is 42.9 Å². The first-order valence-electron chi connectivity index (χ1n) is 20.3. The Morgan fingerprint density at radius 3 is 2.48 bits per heavy atom. The lowest BCUT2D eigenvalue weighted by atomic mass is 9.98. The second-order valence-electron chi connectivity index (χ2n) is 15.3. The average molecular weight is 850 g/mol. The molecule has 2 aromatic heterocycles. The number of amides is 3. The average Bonchev–Trinajstić information content (AvgIpc) is 3.82. The molecule has 0 aliphatic carbocycles. The van der Waals surface area contributed by atoms with Crippen LogP contribution in [0.5, 0.6) is 11.5 Å². The molecule has 13 nitrogen and oxygen atoms in total. The summed E-state index contributed by atoms with van der Waals surface area (Å²) in [6, 6.07) is 18.2. The van der Waals surface area contributed by atoms with Crippen molar-refractivity contribution in [3.63, 3.8) is 0 Å². The zero-order valence-electron chi connectivity index (χ0n) is 34.1. The van der Waals surface area contributed by atoms with Crippen molar-refractivity contribution in [2.24, 2.45) is 7.05 Å². The Kier molecular flexibility index (Phi) is 11.8. The van der Waals surface area contributed by atoms with E-state index in [1.54, 1.807) is 28.9 Å². The first-order chi connectivity index (χ1) is 29.4. The molecular formula is C46H45ClFN5O8. The summed E-state index contributed by atoms with van der Waals surface area (Å²) in [6.07, 6.45) is 1.83. The SMILES string of the molecule is Cc1nn(C)c(C)c1-c1c(Cl)ccc2c(CCCOc3cccc4cc(F)ccc34)c(C(=O)O)n(CCCOCCOc3cccc4c3CN(C3CCC(=O)NC3=O)C4=O)c12. The highest BCUT2D eigenvalue weighted by atomic mass is 35.5. The van der Waals surface area contributed by atoms with E-state index in [-0.39, 0.29) is 55.9 Å². The third kappa shape index (κ3) is 8.05. The molecular weight excluding hydrogens is 805 g/mol. The summed E-state index contributed by atoms with van der Waals surface area (Å²) in [7, 11) is 1.86. The number of aryl methyl sites for hydroxylation is 4. The van der Waals surface area contributed by atoms with Crippen LogP contribution in [-0.2, 0) is 40.9 Å². The minimum absolute atomic E-state index is 0.167. The molecule has 1 fully saturated rings. The van der Waals surface area contributed by atoms with Gasteiger partial charge in [0.2, 0.25) is 11.8 Å². The molecule has 0 saturated carbocycles. The number of hydrogen-bond acceptors (Lipinski definition) is 8. The van der Waals surface area contributed by atoms with Crippen LogP contribution in [0.4, 0.5) is 4.39 Å². The van der Waals surface area contributed by atoms with Gasteiger partial charge < -0.3 is 28.8 Å². The highest BCUT2D eigenvalue weighted by Crippen LogP contribution is 2.42. The summed E-state index contributed by atoms with van der Waals surface area (Å²) in [4.78, 5) is 52.1. The van der Waals surface area contributed by atoms with Crippen molar-refractivity contribution in [2.75, 3.05) is 26.4 Å².